The first-order valence-corrected chi connectivity index (χ1v) is 11.2. The second-order valence-electron chi connectivity index (χ2n) is 7.31. The summed E-state index contributed by atoms with van der Waals surface area (Å²) in [7, 11) is 0. The number of nitrogens with zero attached hydrogens (tertiary/aromatic N) is 2. The van der Waals surface area contributed by atoms with Crippen LogP contribution in [0.1, 0.15) is 29.0 Å². The number of carbonyl (C=O) groups excluding carboxylic acids is 1. The molecule has 1 atom stereocenters. The smallest absolute Gasteiger partial charge is 0.227 e. The molecular weight excluding hydrogens is 364 g/mol. The predicted molar refractivity (Wildman–Crippen MR) is 107 cm³/mol. The molecule has 1 amide bonds. The monoisotopic (exact) mass is 390 g/mol. The lowest BCUT2D eigenvalue weighted by Gasteiger charge is -2.42. The van der Waals surface area contributed by atoms with Gasteiger partial charge in [0.15, 0.2) is 0 Å². The highest BCUT2D eigenvalue weighted by Crippen LogP contribution is 2.31. The largest absolute Gasteiger partial charge is 0.372 e. The molecule has 0 bridgehead atoms. The van der Waals surface area contributed by atoms with E-state index in [2.05, 4.69) is 33.4 Å². The Morgan fingerprint density at radius 3 is 2.65 bits per heavy atom. The second-order valence-corrected chi connectivity index (χ2v) is 9.38. The third kappa shape index (κ3) is 4.36. The minimum absolute atomic E-state index is 0.0759. The maximum atomic E-state index is 12.6. The van der Waals surface area contributed by atoms with Crippen molar-refractivity contribution in [1.82, 2.24) is 9.80 Å². The van der Waals surface area contributed by atoms with Gasteiger partial charge >= 0.3 is 0 Å². The molecule has 140 valence electrons. The summed E-state index contributed by atoms with van der Waals surface area (Å²) in [6, 6.07) is 8.40. The Kier molecular flexibility index (Phi) is 5.74. The number of likely N-dealkylation sites (tertiary alicyclic amines) is 1. The summed E-state index contributed by atoms with van der Waals surface area (Å²) in [6.45, 7) is 5.48. The average Bonchev–Trinajstić information content (AvgIpc) is 3.29. The van der Waals surface area contributed by atoms with Gasteiger partial charge < -0.3 is 9.64 Å². The maximum absolute atomic E-state index is 12.6. The van der Waals surface area contributed by atoms with Gasteiger partial charge in [0.2, 0.25) is 5.91 Å². The standard InChI is InChI=1S/C20H26N2O2S2/c23-19(14-17-4-1-12-25-17)22-8-3-6-20(7-9-22)16-21(10-11-24-20)15-18-5-2-13-26-18/h1-2,4-5,12-13H,3,6-11,14-16H2/t20-/m1/s1. The topological polar surface area (TPSA) is 32.8 Å². The van der Waals surface area contributed by atoms with Crippen LogP contribution in [0.4, 0.5) is 0 Å². The van der Waals surface area contributed by atoms with E-state index < -0.39 is 0 Å². The molecular formula is C20H26N2O2S2. The summed E-state index contributed by atoms with van der Waals surface area (Å²) in [5, 5.41) is 4.19. The van der Waals surface area contributed by atoms with Crippen molar-refractivity contribution in [3.05, 3.63) is 44.8 Å². The van der Waals surface area contributed by atoms with Crippen LogP contribution in [-0.4, -0.2) is 54.1 Å². The van der Waals surface area contributed by atoms with E-state index in [1.807, 2.05) is 22.8 Å². The van der Waals surface area contributed by atoms with Gasteiger partial charge in [0.25, 0.3) is 0 Å². The van der Waals surface area contributed by atoms with Gasteiger partial charge in [0.1, 0.15) is 0 Å². The minimum atomic E-state index is -0.0759. The molecule has 2 fully saturated rings. The Hall–Kier alpha value is -1.21. The van der Waals surface area contributed by atoms with Crippen molar-refractivity contribution in [1.29, 1.82) is 0 Å². The Balaban J connectivity index is 1.35. The fraction of sp³-hybridized carbons (Fsp3) is 0.550. The van der Waals surface area contributed by atoms with Crippen LogP contribution in [0, 0.1) is 0 Å². The first-order chi connectivity index (χ1) is 12.7. The highest BCUT2D eigenvalue weighted by molar-refractivity contribution is 7.10. The molecule has 0 unspecified atom stereocenters. The van der Waals surface area contributed by atoms with E-state index in [1.165, 1.54) is 4.88 Å². The highest BCUT2D eigenvalue weighted by atomic mass is 32.1. The fourth-order valence-electron chi connectivity index (χ4n) is 4.07. The van der Waals surface area contributed by atoms with Crippen LogP contribution in [-0.2, 0) is 22.5 Å². The van der Waals surface area contributed by atoms with Gasteiger partial charge in [-0.25, -0.2) is 0 Å². The third-order valence-corrected chi connectivity index (χ3v) is 7.18. The first-order valence-electron chi connectivity index (χ1n) is 9.41. The zero-order valence-corrected chi connectivity index (χ0v) is 16.7. The summed E-state index contributed by atoms with van der Waals surface area (Å²) in [4.78, 5) is 19.8. The van der Waals surface area contributed by atoms with Crippen molar-refractivity contribution in [3.63, 3.8) is 0 Å². The lowest BCUT2D eigenvalue weighted by atomic mass is 9.92. The summed E-state index contributed by atoms with van der Waals surface area (Å²) in [5.41, 5.74) is -0.0759. The summed E-state index contributed by atoms with van der Waals surface area (Å²) >= 11 is 3.49. The van der Waals surface area contributed by atoms with E-state index in [-0.39, 0.29) is 11.5 Å². The van der Waals surface area contributed by atoms with Gasteiger partial charge in [-0.3, -0.25) is 9.69 Å². The van der Waals surface area contributed by atoms with Crippen molar-refractivity contribution < 1.29 is 9.53 Å². The molecule has 2 aliphatic heterocycles. The summed E-state index contributed by atoms with van der Waals surface area (Å²) in [6.07, 6.45) is 3.57. The molecule has 2 aliphatic rings. The van der Waals surface area contributed by atoms with Gasteiger partial charge in [-0.15, -0.1) is 22.7 Å². The Morgan fingerprint density at radius 1 is 1.08 bits per heavy atom. The van der Waals surface area contributed by atoms with Gasteiger partial charge in [-0.2, -0.15) is 0 Å². The van der Waals surface area contributed by atoms with Crippen molar-refractivity contribution in [2.24, 2.45) is 0 Å². The molecule has 2 aromatic rings. The second kappa shape index (κ2) is 8.21. The van der Waals surface area contributed by atoms with E-state index in [4.69, 9.17) is 4.74 Å². The van der Waals surface area contributed by atoms with Crippen LogP contribution >= 0.6 is 22.7 Å². The molecule has 4 nitrogen and oxygen atoms in total. The van der Waals surface area contributed by atoms with Gasteiger partial charge in [0.05, 0.1) is 18.6 Å². The normalized spacial score (nSPS) is 24.7. The number of thiophene rings is 2. The average molecular weight is 391 g/mol. The van der Waals surface area contributed by atoms with Crippen molar-refractivity contribution in [3.8, 4) is 0 Å². The molecule has 0 saturated carbocycles. The van der Waals surface area contributed by atoms with Crippen LogP contribution in [0.25, 0.3) is 0 Å². The van der Waals surface area contributed by atoms with Crippen molar-refractivity contribution in [2.45, 2.75) is 37.8 Å². The molecule has 6 heteroatoms. The Bertz CT molecular complexity index is 701. The molecule has 4 rings (SSSR count). The quantitative estimate of drug-likeness (QED) is 0.799. The lowest BCUT2D eigenvalue weighted by Crippen LogP contribution is -2.51. The SMILES string of the molecule is O=C(Cc1cccs1)N1CCC[C@@]2(CC1)CN(Cc1cccs1)CCO2. The Labute approximate surface area is 163 Å². The van der Waals surface area contributed by atoms with E-state index in [1.54, 1.807) is 11.3 Å². The van der Waals surface area contributed by atoms with E-state index in [9.17, 15) is 4.79 Å². The van der Waals surface area contributed by atoms with Crippen LogP contribution in [0.5, 0.6) is 0 Å². The Morgan fingerprint density at radius 2 is 1.88 bits per heavy atom. The molecule has 1 spiro atoms. The molecule has 0 radical (unpaired) electrons. The zero-order chi connectivity index (χ0) is 17.8. The summed E-state index contributed by atoms with van der Waals surface area (Å²) < 4.78 is 6.30. The molecule has 4 heterocycles. The number of hydrogen-bond donors (Lipinski definition) is 0. The van der Waals surface area contributed by atoms with Crippen LogP contribution < -0.4 is 0 Å². The third-order valence-electron chi connectivity index (χ3n) is 5.44. The minimum Gasteiger partial charge on any atom is -0.372 e. The molecule has 26 heavy (non-hydrogen) atoms. The molecule has 0 aromatic carbocycles. The van der Waals surface area contributed by atoms with Crippen LogP contribution in [0.3, 0.4) is 0 Å². The maximum Gasteiger partial charge on any atom is 0.227 e. The summed E-state index contributed by atoms with van der Waals surface area (Å²) in [5.74, 6) is 0.260. The van der Waals surface area contributed by atoms with Crippen LogP contribution in [0.2, 0.25) is 0 Å². The lowest BCUT2D eigenvalue weighted by molar-refractivity contribution is -0.132. The van der Waals surface area contributed by atoms with Gasteiger partial charge in [-0.1, -0.05) is 12.1 Å². The number of carbonyl (C=O) groups is 1. The number of rotatable bonds is 4. The predicted octanol–water partition coefficient (Wildman–Crippen LogP) is 3.64. The fourth-order valence-corrected chi connectivity index (χ4v) is 5.52. The molecule has 2 aromatic heterocycles. The zero-order valence-electron chi connectivity index (χ0n) is 15.1. The molecule has 0 N–H and O–H groups in total. The van der Waals surface area contributed by atoms with Crippen molar-refractivity contribution in [2.75, 3.05) is 32.8 Å². The van der Waals surface area contributed by atoms with Crippen LogP contribution in [0.15, 0.2) is 35.0 Å². The van der Waals surface area contributed by atoms with Gasteiger partial charge in [-0.05, 0) is 42.2 Å². The number of ether oxygens (including phenoxy) is 1. The first kappa shape index (κ1) is 18.2. The molecule has 0 aliphatic carbocycles. The molecule has 2 saturated heterocycles. The van der Waals surface area contributed by atoms with Crippen molar-refractivity contribution >= 4 is 28.6 Å². The highest BCUT2D eigenvalue weighted by Gasteiger charge is 2.38. The van der Waals surface area contributed by atoms with Gasteiger partial charge in [0, 0.05) is 42.5 Å². The van der Waals surface area contributed by atoms with E-state index >= 15 is 0 Å². The van der Waals surface area contributed by atoms with E-state index in [0.29, 0.717) is 6.42 Å². The van der Waals surface area contributed by atoms with E-state index in [0.717, 1.165) is 63.5 Å². The number of morpholine rings is 1. The number of amides is 1. The number of hydrogen-bond acceptors (Lipinski definition) is 5.